The van der Waals surface area contributed by atoms with E-state index in [0.29, 0.717) is 0 Å². The van der Waals surface area contributed by atoms with E-state index < -0.39 is 59.3 Å². The Balaban J connectivity index is -0.000000608. The lowest BCUT2D eigenvalue weighted by Gasteiger charge is -2.22. The molecule has 0 aliphatic heterocycles. The van der Waals surface area contributed by atoms with E-state index in [0.717, 1.165) is 7.11 Å². The summed E-state index contributed by atoms with van der Waals surface area (Å²) in [6.07, 6.45) is -1.75. The maximum atomic E-state index is 11.6. The van der Waals surface area contributed by atoms with Gasteiger partial charge in [-0.1, -0.05) is 0 Å². The number of rotatable bonds is 8. The minimum Gasteiger partial charge on any atom is -0.467 e. The van der Waals surface area contributed by atoms with Crippen molar-refractivity contribution in [1.29, 1.82) is 0 Å². The molecule has 222 valence electrons. The maximum absolute atomic E-state index is 11.6. The summed E-state index contributed by atoms with van der Waals surface area (Å²) >= 11 is 0. The molecule has 1 atom stereocenters. The number of carbonyl (C=O) groups is 6. The molecule has 0 spiro atoms. The molecule has 0 aromatic heterocycles. The molecule has 0 aliphatic carbocycles. The van der Waals surface area contributed by atoms with Crippen LogP contribution in [0, 0.1) is 0 Å². The van der Waals surface area contributed by atoms with Crippen LogP contribution in [-0.4, -0.2) is 93.7 Å². The molecule has 0 radical (unpaired) electrons. The van der Waals surface area contributed by atoms with Gasteiger partial charge in [-0.3, -0.25) is 15.4 Å². The van der Waals surface area contributed by atoms with Crippen molar-refractivity contribution in [1.82, 2.24) is 16.0 Å². The number of esters is 3. The summed E-state index contributed by atoms with van der Waals surface area (Å²) in [5.74, 6) is -3.31. The standard InChI is InChI=1S/C12H21NO6.C10H18N2O5.CH5N/c1-6-17-9(14)8(10(15)18-7-2)13-11(16)19-12(3,4)5;1-10(2,3)17-9(15)12-6(7(13)11-4)8(14)16-5;1-2/h8H,6-7H2,1-5H3,(H,13,16);6H,1-5H3,(H,11,13)(H,12,15);2H2,1H3. The van der Waals surface area contributed by atoms with Crippen molar-refractivity contribution >= 4 is 36.0 Å². The number of alkyl carbamates (subject to hydrolysis) is 2. The summed E-state index contributed by atoms with van der Waals surface area (Å²) < 4.78 is 23.7. The zero-order chi connectivity index (χ0) is 30.7. The number of hydrogen-bond acceptors (Lipinski definition) is 12. The van der Waals surface area contributed by atoms with Crippen molar-refractivity contribution in [2.75, 3.05) is 34.4 Å². The van der Waals surface area contributed by atoms with Gasteiger partial charge >= 0.3 is 30.1 Å². The van der Waals surface area contributed by atoms with Gasteiger partial charge in [-0.2, -0.15) is 0 Å². The third-order valence-corrected chi connectivity index (χ3v) is 3.31. The molecule has 0 heterocycles. The van der Waals surface area contributed by atoms with Gasteiger partial charge < -0.3 is 34.7 Å². The predicted octanol–water partition coefficient (Wildman–Crippen LogP) is 0.380. The van der Waals surface area contributed by atoms with Gasteiger partial charge in [0.15, 0.2) is 0 Å². The number of nitrogens with two attached hydrogens (primary N) is 1. The first-order valence-corrected chi connectivity index (χ1v) is 11.6. The van der Waals surface area contributed by atoms with E-state index in [9.17, 15) is 28.8 Å². The number of carbonyl (C=O) groups excluding carboxylic acids is 6. The van der Waals surface area contributed by atoms with E-state index in [1.165, 1.54) is 14.1 Å². The Morgan fingerprint density at radius 1 is 0.684 bits per heavy atom. The fourth-order valence-electron chi connectivity index (χ4n) is 2.01. The molecule has 0 saturated heterocycles. The summed E-state index contributed by atoms with van der Waals surface area (Å²) in [6, 6.07) is -2.94. The minimum absolute atomic E-state index is 0.0880. The first kappa shape index (κ1) is 38.9. The quantitative estimate of drug-likeness (QED) is 0.183. The Morgan fingerprint density at radius 2 is 1.03 bits per heavy atom. The molecule has 15 nitrogen and oxygen atoms in total. The van der Waals surface area contributed by atoms with Gasteiger partial charge in [0.1, 0.15) is 11.2 Å². The highest BCUT2D eigenvalue weighted by molar-refractivity contribution is 6.04. The Labute approximate surface area is 223 Å². The number of ether oxygens (including phenoxy) is 5. The Bertz CT molecular complexity index is 740. The van der Waals surface area contributed by atoms with Crippen LogP contribution in [0.4, 0.5) is 9.59 Å². The molecule has 3 amide bonds. The molecule has 38 heavy (non-hydrogen) atoms. The van der Waals surface area contributed by atoms with Gasteiger partial charge in [0.05, 0.1) is 20.3 Å². The maximum Gasteiger partial charge on any atom is 0.408 e. The van der Waals surface area contributed by atoms with Crippen molar-refractivity contribution < 1.29 is 52.5 Å². The van der Waals surface area contributed by atoms with Gasteiger partial charge in [0.25, 0.3) is 5.91 Å². The number of nitrogens with one attached hydrogen (secondary N) is 3. The fourth-order valence-corrected chi connectivity index (χ4v) is 2.01. The predicted molar refractivity (Wildman–Crippen MR) is 136 cm³/mol. The molecular formula is C23H44N4O11. The summed E-state index contributed by atoms with van der Waals surface area (Å²) in [4.78, 5) is 68.7. The Kier molecular flexibility index (Phi) is 19.9. The Hall–Kier alpha value is -3.62. The first-order valence-electron chi connectivity index (χ1n) is 11.6. The van der Waals surface area contributed by atoms with Crippen molar-refractivity contribution in [2.24, 2.45) is 5.73 Å². The second-order valence-electron chi connectivity index (χ2n) is 8.80. The molecule has 1 unspecified atom stereocenters. The molecule has 0 aliphatic rings. The molecular weight excluding hydrogens is 508 g/mol. The third-order valence-electron chi connectivity index (χ3n) is 3.31. The van der Waals surface area contributed by atoms with Crippen LogP contribution in [0.5, 0.6) is 0 Å². The van der Waals surface area contributed by atoms with Crippen LogP contribution in [0.25, 0.3) is 0 Å². The summed E-state index contributed by atoms with van der Waals surface area (Å²) in [6.45, 7) is 13.3. The Morgan fingerprint density at radius 3 is 1.29 bits per heavy atom. The average molecular weight is 553 g/mol. The van der Waals surface area contributed by atoms with Gasteiger partial charge in [-0.05, 0) is 62.4 Å². The first-order chi connectivity index (χ1) is 17.4. The molecule has 0 aromatic carbocycles. The fraction of sp³-hybridized carbons (Fsp3) is 0.739. The van der Waals surface area contributed by atoms with Crippen LogP contribution in [0.3, 0.4) is 0 Å². The van der Waals surface area contributed by atoms with Gasteiger partial charge in [-0.25, -0.2) is 24.0 Å². The average Bonchev–Trinajstić information content (AvgIpc) is 2.79. The molecule has 0 bridgehead atoms. The lowest BCUT2D eigenvalue weighted by atomic mass is 10.2. The van der Waals surface area contributed by atoms with Crippen molar-refractivity contribution in [3.8, 4) is 0 Å². The van der Waals surface area contributed by atoms with Crippen LogP contribution in [-0.2, 0) is 42.9 Å². The molecule has 0 saturated carbocycles. The van der Waals surface area contributed by atoms with Crippen LogP contribution in [0.15, 0.2) is 0 Å². The summed E-state index contributed by atoms with van der Waals surface area (Å²) in [5, 5.41) is 6.50. The summed E-state index contributed by atoms with van der Waals surface area (Å²) in [5.41, 5.74) is 3.05. The third kappa shape index (κ3) is 19.6. The zero-order valence-electron chi connectivity index (χ0n) is 24.1. The highest BCUT2D eigenvalue weighted by atomic mass is 16.6. The number of hydrogen-bond donors (Lipinski definition) is 4. The zero-order valence-corrected chi connectivity index (χ0v) is 24.1. The number of likely N-dealkylation sites (N-methyl/N-ethyl adjacent to an activating group) is 1. The second kappa shape index (κ2) is 19.5. The van der Waals surface area contributed by atoms with E-state index >= 15 is 0 Å². The van der Waals surface area contributed by atoms with Crippen molar-refractivity contribution in [3.05, 3.63) is 0 Å². The monoisotopic (exact) mass is 552 g/mol. The topological polar surface area (TPSA) is 211 Å². The normalized spacial score (nSPS) is 11.1. The lowest BCUT2D eigenvalue weighted by Crippen LogP contribution is -2.52. The van der Waals surface area contributed by atoms with E-state index in [-0.39, 0.29) is 13.2 Å². The second-order valence-corrected chi connectivity index (χ2v) is 8.80. The van der Waals surface area contributed by atoms with Crippen LogP contribution in [0.2, 0.25) is 0 Å². The van der Waals surface area contributed by atoms with Crippen LogP contribution >= 0.6 is 0 Å². The highest BCUT2D eigenvalue weighted by Crippen LogP contribution is 2.08. The minimum atomic E-state index is -1.52. The smallest absolute Gasteiger partial charge is 0.408 e. The molecule has 15 heteroatoms. The van der Waals surface area contributed by atoms with E-state index in [2.05, 4.69) is 26.4 Å². The summed E-state index contributed by atoms with van der Waals surface area (Å²) in [7, 11) is 3.96. The highest BCUT2D eigenvalue weighted by Gasteiger charge is 2.33. The van der Waals surface area contributed by atoms with Crippen molar-refractivity contribution in [3.63, 3.8) is 0 Å². The molecule has 0 fully saturated rings. The van der Waals surface area contributed by atoms with Crippen LogP contribution < -0.4 is 21.7 Å². The van der Waals surface area contributed by atoms with Gasteiger partial charge in [-0.15, -0.1) is 0 Å². The SMILES string of the molecule is CCOC(=O)C(NC(=O)OC(C)(C)C)C(=O)OCC.CN.CNC(=O)C(NC(=O)OC(C)(C)C)C(=O)OC. The molecule has 0 rings (SSSR count). The van der Waals surface area contributed by atoms with Crippen molar-refractivity contribution in [2.45, 2.75) is 78.7 Å². The number of amides is 3. The van der Waals surface area contributed by atoms with E-state index in [4.69, 9.17) is 18.9 Å². The van der Waals surface area contributed by atoms with E-state index in [1.54, 1.807) is 55.4 Å². The van der Waals surface area contributed by atoms with Gasteiger partial charge in [0, 0.05) is 7.05 Å². The molecule has 5 N–H and O–H groups in total. The molecule has 0 aromatic rings. The van der Waals surface area contributed by atoms with Crippen LogP contribution in [0.1, 0.15) is 55.4 Å². The van der Waals surface area contributed by atoms with Gasteiger partial charge in [0.2, 0.25) is 12.1 Å². The lowest BCUT2D eigenvalue weighted by molar-refractivity contribution is -0.158. The van der Waals surface area contributed by atoms with E-state index in [1.807, 2.05) is 0 Å². The largest absolute Gasteiger partial charge is 0.467 e. The number of methoxy groups -OCH3 is 1.